The van der Waals surface area contributed by atoms with Gasteiger partial charge in [0, 0.05) is 69.1 Å². The lowest BCUT2D eigenvalue weighted by Gasteiger charge is -2.42. The van der Waals surface area contributed by atoms with Crippen LogP contribution in [0.4, 0.5) is 0 Å². The monoisotopic (exact) mass is 1790 g/mol. The van der Waals surface area contributed by atoms with Gasteiger partial charge in [-0.1, -0.05) is 57.6 Å². The van der Waals surface area contributed by atoms with E-state index in [1.807, 2.05) is 74.0 Å². The van der Waals surface area contributed by atoms with Crippen LogP contribution in [0.5, 0.6) is 0 Å². The van der Waals surface area contributed by atoms with E-state index in [2.05, 4.69) is 57.7 Å². The molecule has 5 aliphatic heterocycles. The number of carbonyl (C=O) groups excluding carboxylic acids is 3. The summed E-state index contributed by atoms with van der Waals surface area (Å²) in [7, 11) is -1.90. The van der Waals surface area contributed by atoms with Gasteiger partial charge in [0.2, 0.25) is 0 Å². The maximum atomic E-state index is 13.1. The number of rotatable bonds is 48. The molecular weight excluding hydrogens is 1660 g/mol. The molecular formula is C84H137N13O27S. The van der Waals surface area contributed by atoms with E-state index in [0.29, 0.717) is 110 Å². The van der Waals surface area contributed by atoms with E-state index in [1.54, 1.807) is 97.1 Å². The van der Waals surface area contributed by atoms with E-state index in [0.717, 1.165) is 67.2 Å². The van der Waals surface area contributed by atoms with Gasteiger partial charge in [-0.15, -0.1) is 15.3 Å². The second kappa shape index (κ2) is 54.1. The van der Waals surface area contributed by atoms with Crippen molar-refractivity contribution in [2.24, 2.45) is 0 Å². The summed E-state index contributed by atoms with van der Waals surface area (Å²) in [5.74, 6) is 3.60. The number of aryl methyl sites for hydroxylation is 1. The number of benzene rings is 2. The van der Waals surface area contributed by atoms with Crippen LogP contribution in [0.1, 0.15) is 125 Å². The maximum Gasteiger partial charge on any atom is 0.252 e. The summed E-state index contributed by atoms with van der Waals surface area (Å²) in [4.78, 5) is 41.0. The van der Waals surface area contributed by atoms with E-state index in [-0.39, 0.29) is 75.8 Å². The Morgan fingerprint density at radius 3 is 1.34 bits per heavy atom. The first-order valence-electron chi connectivity index (χ1n) is 43.2. The third-order valence-corrected chi connectivity index (χ3v) is 21.5. The highest BCUT2D eigenvalue weighted by Gasteiger charge is 2.52. The lowest BCUT2D eigenvalue weighted by molar-refractivity contribution is -0.307. The van der Waals surface area contributed by atoms with Gasteiger partial charge in [-0.05, 0) is 142 Å². The van der Waals surface area contributed by atoms with Crippen LogP contribution in [-0.2, 0) is 137 Å². The molecule has 16 atom stereocenters. The first kappa shape index (κ1) is 104. The van der Waals surface area contributed by atoms with E-state index in [9.17, 15) is 49.2 Å². The zero-order valence-corrected chi connectivity index (χ0v) is 75.3. The topological polar surface area (TPSA) is 478 Å². The molecule has 10 rings (SSSR count). The molecule has 5 fully saturated rings. The molecule has 3 amide bonds. The predicted octanol–water partition coefficient (Wildman–Crippen LogP) is 1.32. The molecule has 0 aliphatic carbocycles. The molecule has 125 heavy (non-hydrogen) atoms. The number of carbonyl (C=O) groups is 3. The number of aliphatic hydroxyl groups is 6. The Labute approximate surface area is 732 Å². The molecule has 0 saturated carbocycles. The van der Waals surface area contributed by atoms with E-state index in [4.69, 9.17) is 80.5 Å². The summed E-state index contributed by atoms with van der Waals surface area (Å²) in [6.45, 7) is 33.0. The highest BCUT2D eigenvalue weighted by Crippen LogP contribution is 2.31. The molecule has 41 heteroatoms. The molecule has 9 N–H and O–H groups in total. The van der Waals surface area contributed by atoms with E-state index in [1.165, 1.54) is 5.56 Å². The molecule has 0 radical (unpaired) electrons. The molecule has 3 aromatic heterocycles. The number of amides is 3. The predicted molar refractivity (Wildman–Crippen MR) is 454 cm³/mol. The first-order chi connectivity index (χ1) is 59.8. The summed E-state index contributed by atoms with van der Waals surface area (Å²) in [6, 6.07) is 15.6. The standard InChI is InChI=1S/C29H46N4O9.C28H51N5O10S.C27H40N4O8/c1-19(2)40-26-24(34)25(35)29(41-20(3)4)42-27(26)28(36)30-10-12-37-14-16-39-17-15-38-13-11-33-18-23(31-32-33)22-8-6-21(5)7-9-22;1-20(2)41-25-23(34)24(35)28(42-21(3)4)43-26(25)27(36)29-6-10-38-12-14-40-15-13-39-11-7-33-19-22(30-31-33)18-32-8-16-44(5,37)17-9-32;1-16(2)37-24-22(32)23(33)27(38-17(3)4)39-25(24)26(34)28-13-18-8-10-20(11-9-18)31-14-19(29-30-31)15-36-21-7-5-6-12-35-21/h6-9,18-20,24-27,29,34-35H,10-17H2,1-5H3,(H,30,36);19-21,23-26,28,34-35H,5-18H2,1-4H3,(H,29,36);8-11,14,16-17,21-25,27,32-33H,5-7,12-13,15H2,1-4H3,(H,28,34)/t24-,25+,26+,27?,29-;23-,24+,25+,26?,28-;21?,22-,23+,24+,25?,27-/m111/s1. The fraction of sp³-hybridized carbons (Fsp3) is 0.738. The molecule has 40 nitrogen and oxygen atoms in total. The van der Waals surface area contributed by atoms with Crippen molar-refractivity contribution in [2.75, 3.05) is 124 Å². The molecule has 0 spiro atoms. The van der Waals surface area contributed by atoms with Gasteiger partial charge in [0.05, 0.1) is 159 Å². The van der Waals surface area contributed by atoms with Gasteiger partial charge in [-0.3, -0.25) is 23.5 Å². The van der Waals surface area contributed by atoms with Gasteiger partial charge in [0.1, 0.15) is 66.3 Å². The maximum absolute atomic E-state index is 13.1. The lowest BCUT2D eigenvalue weighted by atomic mass is 9.97. The Balaban J connectivity index is 0.000000233. The number of nitrogens with zero attached hydrogens (tertiary/aromatic N) is 10. The van der Waals surface area contributed by atoms with Gasteiger partial charge < -0.3 is 127 Å². The Kier molecular flexibility index (Phi) is 44.9. The van der Waals surface area contributed by atoms with Crippen LogP contribution in [0.15, 0.2) is 67.1 Å². The SMILES string of the molecule is C=S1(=O)CCN(Cc2cn(CCOCCOCCOCCNC(=O)C3O[C@@H](OC(C)C)[C@@H](O)[C@@H](O)[C@@H]3OC(C)C)nn2)CC1.CC(C)O[C@@H]1OC(C(=O)NCc2ccc(-n3cc(COC4CCCCO4)nn3)cc2)[C@@H](OC(C)C)[C@H](O)[C@@H]1O.Cc1ccc(-c2cn(CCOCCOCCOCCNC(=O)C3O[C@@H](OC(C)C)[C@@H](O)[C@@H](O)[C@@H]3OC(C)C)nn2)cc1. The number of nitrogens with one attached hydrogen (secondary N) is 3. The first-order valence-corrected chi connectivity index (χ1v) is 45.3. The summed E-state index contributed by atoms with van der Waals surface area (Å²) in [6.07, 6.45) is -11.4. The van der Waals surface area contributed by atoms with Gasteiger partial charge in [0.25, 0.3) is 17.7 Å². The highest BCUT2D eigenvalue weighted by molar-refractivity contribution is 8.00. The van der Waals surface area contributed by atoms with Gasteiger partial charge in [-0.2, -0.15) is 0 Å². The molecule has 2 aromatic carbocycles. The highest BCUT2D eigenvalue weighted by atomic mass is 32.2. The third kappa shape index (κ3) is 36.0. The second-order valence-electron chi connectivity index (χ2n) is 32.5. The Morgan fingerprint density at radius 1 is 0.488 bits per heavy atom. The molecule has 0 bridgehead atoms. The second-order valence-corrected chi connectivity index (χ2v) is 35.2. The summed E-state index contributed by atoms with van der Waals surface area (Å²) < 4.78 is 113. The summed E-state index contributed by atoms with van der Waals surface area (Å²) >= 11 is 0. The van der Waals surface area contributed by atoms with Crippen molar-refractivity contribution in [1.82, 2.24) is 65.8 Å². The van der Waals surface area contributed by atoms with Gasteiger partial charge in [-0.25, -0.2) is 14.0 Å². The third-order valence-electron chi connectivity index (χ3n) is 19.6. The van der Waals surface area contributed by atoms with Crippen LogP contribution in [0.2, 0.25) is 0 Å². The lowest BCUT2D eigenvalue weighted by Crippen LogP contribution is -2.63. The minimum absolute atomic E-state index is 0.188. The summed E-state index contributed by atoms with van der Waals surface area (Å²) in [5.41, 5.74) is 6.29. The molecule has 706 valence electrons. The van der Waals surface area contributed by atoms with Crippen molar-refractivity contribution in [3.05, 3.63) is 89.6 Å². The number of hydrogen-bond acceptors (Lipinski definition) is 34. The van der Waals surface area contributed by atoms with Crippen molar-refractivity contribution in [1.29, 1.82) is 0 Å². The Bertz CT molecular complexity index is 3960. The quantitative estimate of drug-likeness (QED) is 0.0196. The number of aromatic nitrogens is 9. The molecule has 8 heterocycles. The smallest absolute Gasteiger partial charge is 0.252 e. The average molecular weight is 1790 g/mol. The van der Waals surface area contributed by atoms with Crippen LogP contribution < -0.4 is 16.0 Å². The fourth-order valence-electron chi connectivity index (χ4n) is 13.3. The largest absolute Gasteiger partial charge is 0.387 e. The van der Waals surface area contributed by atoms with Crippen molar-refractivity contribution in [3.63, 3.8) is 0 Å². The molecule has 5 saturated heterocycles. The van der Waals surface area contributed by atoms with Crippen LogP contribution in [0, 0.1) is 6.92 Å². The van der Waals surface area contributed by atoms with E-state index < -0.39 is 119 Å². The van der Waals surface area contributed by atoms with Crippen LogP contribution in [0.3, 0.4) is 0 Å². The van der Waals surface area contributed by atoms with Gasteiger partial charge >= 0.3 is 0 Å². The van der Waals surface area contributed by atoms with Crippen LogP contribution in [0.25, 0.3) is 16.9 Å². The Morgan fingerprint density at radius 2 is 0.904 bits per heavy atom. The molecule has 5 aliphatic rings. The minimum Gasteiger partial charge on any atom is -0.387 e. The number of hydrogen-bond donors (Lipinski definition) is 9. The number of ether oxygens (including phenoxy) is 17. The van der Waals surface area contributed by atoms with Crippen LogP contribution in [-0.4, -0.2) is 367 Å². The molecule has 4 unspecified atom stereocenters. The zero-order chi connectivity index (χ0) is 90.5. The number of aliphatic hydroxyl groups excluding tert-OH is 6. The minimum atomic E-state index is -1.90. The zero-order valence-electron chi connectivity index (χ0n) is 74.5. The van der Waals surface area contributed by atoms with Crippen molar-refractivity contribution in [3.8, 4) is 16.9 Å². The van der Waals surface area contributed by atoms with Crippen molar-refractivity contribution < 1.29 is 130 Å². The van der Waals surface area contributed by atoms with E-state index >= 15 is 0 Å². The van der Waals surface area contributed by atoms with Crippen molar-refractivity contribution in [2.45, 2.75) is 277 Å². The summed E-state index contributed by atoms with van der Waals surface area (Å²) in [5, 5.41) is 96.4. The van der Waals surface area contributed by atoms with Crippen LogP contribution >= 0.6 is 0 Å². The average Bonchev–Trinajstić information content (AvgIpc) is 1.51. The van der Waals surface area contributed by atoms with Gasteiger partial charge in [0.15, 0.2) is 43.5 Å². The Hall–Kier alpha value is -6.67. The molecule has 5 aromatic rings. The van der Waals surface area contributed by atoms with Crippen molar-refractivity contribution >= 4 is 33.1 Å². The fourth-order valence-corrected chi connectivity index (χ4v) is 14.7. The normalized spacial score (nSPS) is 25.4.